The third kappa shape index (κ3) is 80.1. The van der Waals surface area contributed by atoms with E-state index in [1.807, 2.05) is 0 Å². The van der Waals surface area contributed by atoms with Crippen molar-refractivity contribution in [2.45, 2.75) is 386 Å². The lowest BCUT2D eigenvalue weighted by atomic mass is 10.0. The van der Waals surface area contributed by atoms with Gasteiger partial charge in [-0.1, -0.05) is 410 Å². The minimum Gasteiger partial charge on any atom is -0.462 e. The first-order valence-corrected chi connectivity index (χ1v) is 39.9. The van der Waals surface area contributed by atoms with Crippen LogP contribution in [0.2, 0.25) is 0 Å². The smallest absolute Gasteiger partial charge is 0.306 e. The van der Waals surface area contributed by atoms with E-state index in [0.29, 0.717) is 12.8 Å². The number of carbonyl (C=O) groups excluding carboxylic acids is 2. The second-order valence-corrected chi connectivity index (χ2v) is 26.4. The molecule has 0 amide bonds. The van der Waals surface area contributed by atoms with Gasteiger partial charge in [0.1, 0.15) is 6.61 Å². The summed E-state index contributed by atoms with van der Waals surface area (Å²) in [5, 5.41) is 9.71. The number of hydrogen-bond acceptors (Lipinski definition) is 5. The monoisotopic (exact) mass is 1290 g/mol. The molecule has 0 aliphatic heterocycles. The molecule has 0 aliphatic carbocycles. The number of carbonyl (C=O) groups is 2. The van der Waals surface area contributed by atoms with Crippen molar-refractivity contribution in [1.29, 1.82) is 0 Å². The zero-order valence-corrected chi connectivity index (χ0v) is 61.2. The molecule has 5 heteroatoms. The number of rotatable bonds is 73. The van der Waals surface area contributed by atoms with Crippen LogP contribution in [0.1, 0.15) is 380 Å². The van der Waals surface area contributed by atoms with Gasteiger partial charge >= 0.3 is 11.9 Å². The highest BCUT2D eigenvalue weighted by Crippen LogP contribution is 2.19. The molecule has 1 N–H and O–H groups in total. The average Bonchev–Trinajstić information content (AvgIpc) is 3.62. The summed E-state index contributed by atoms with van der Waals surface area (Å²) in [4.78, 5) is 24.7. The van der Waals surface area contributed by atoms with Gasteiger partial charge in [-0.3, -0.25) is 9.59 Å². The van der Waals surface area contributed by atoms with E-state index in [9.17, 15) is 14.7 Å². The van der Waals surface area contributed by atoms with Crippen LogP contribution in [0.3, 0.4) is 0 Å². The van der Waals surface area contributed by atoms with Crippen molar-refractivity contribution in [2.24, 2.45) is 0 Å². The fraction of sp³-hybridized carbons (Fsp3) is 0.705. The minimum atomic E-state index is -0.806. The van der Waals surface area contributed by atoms with E-state index in [0.717, 1.165) is 116 Å². The van der Waals surface area contributed by atoms with Gasteiger partial charge in [-0.25, -0.2) is 0 Å². The zero-order valence-electron chi connectivity index (χ0n) is 61.2. The van der Waals surface area contributed by atoms with Crippen LogP contribution < -0.4 is 0 Å². The molecular formula is C88H150O5. The van der Waals surface area contributed by atoms with Crippen molar-refractivity contribution >= 4 is 11.9 Å². The number of esters is 2. The second-order valence-electron chi connectivity index (χ2n) is 26.4. The number of allylic oxidation sites excluding steroid dienone is 24. The van der Waals surface area contributed by atoms with Gasteiger partial charge in [0.2, 0.25) is 0 Å². The Morgan fingerprint density at radius 3 is 0.699 bits per heavy atom. The van der Waals surface area contributed by atoms with Gasteiger partial charge in [0.25, 0.3) is 0 Å². The van der Waals surface area contributed by atoms with Crippen LogP contribution in [-0.4, -0.2) is 36.4 Å². The van der Waals surface area contributed by atoms with Crippen molar-refractivity contribution < 1.29 is 24.2 Å². The molecule has 0 heterocycles. The average molecular weight is 1290 g/mol. The maximum Gasteiger partial charge on any atom is 0.306 e. The summed E-state index contributed by atoms with van der Waals surface area (Å²) in [5.74, 6) is -0.637. The molecule has 0 radical (unpaired) electrons. The topological polar surface area (TPSA) is 72.8 Å². The fourth-order valence-corrected chi connectivity index (χ4v) is 11.5. The van der Waals surface area contributed by atoms with Crippen LogP contribution in [0.4, 0.5) is 0 Å². The Morgan fingerprint density at radius 1 is 0.258 bits per heavy atom. The zero-order chi connectivity index (χ0) is 66.8. The predicted molar refractivity (Wildman–Crippen MR) is 412 cm³/mol. The van der Waals surface area contributed by atoms with E-state index in [-0.39, 0.29) is 25.2 Å². The lowest BCUT2D eigenvalue weighted by Gasteiger charge is -2.15. The molecule has 5 nitrogen and oxygen atoms in total. The summed E-state index contributed by atoms with van der Waals surface area (Å²) in [6.07, 6.45) is 124. The van der Waals surface area contributed by atoms with Crippen LogP contribution in [0.5, 0.6) is 0 Å². The summed E-state index contributed by atoms with van der Waals surface area (Å²) in [5.41, 5.74) is 0. The maximum absolute atomic E-state index is 12.4. The molecule has 532 valence electrons. The van der Waals surface area contributed by atoms with E-state index < -0.39 is 6.10 Å². The molecule has 0 saturated carbocycles. The van der Waals surface area contributed by atoms with Crippen molar-refractivity contribution in [3.8, 4) is 0 Å². The molecule has 0 fully saturated rings. The molecule has 0 spiro atoms. The summed E-state index contributed by atoms with van der Waals surface area (Å²) < 4.78 is 10.7. The maximum atomic E-state index is 12.4. The van der Waals surface area contributed by atoms with Gasteiger partial charge in [0.05, 0.1) is 6.61 Å². The fourth-order valence-electron chi connectivity index (χ4n) is 11.5. The summed E-state index contributed by atoms with van der Waals surface area (Å²) in [6.45, 7) is 4.03. The number of ether oxygens (including phenoxy) is 2. The standard InChI is InChI=1S/C88H150O5/c1-3-5-7-9-11-13-15-17-19-21-23-25-27-29-31-33-35-37-39-41-43-45-46-48-50-52-54-56-58-60-62-64-66-68-70-72-74-76-78-80-82-87(90)92-85-86(84-89)93-88(91)83-81-79-77-75-73-71-69-67-65-63-61-59-57-55-53-51-49-47-44-42-40-38-36-34-32-30-28-26-24-22-20-18-16-14-12-10-8-6-4-2/h6,8,12,14,18,20,24,26,30,32,36,38,42,44,49,51,55,57,61,63,67,69,73,75,86,89H,3-5,7,9-11,13,15-17,19,21-23,25,27-29,31,33-35,37,39-41,43,45-48,50,52-54,56,58-60,62,64-66,68,70-72,74,76-85H2,1-2H3/b8-6-,14-12-,20-18-,26-24-,32-30-,38-36-,44-42-,51-49-,57-55-,63-61-,69-67-,75-73-. The van der Waals surface area contributed by atoms with Crippen molar-refractivity contribution in [1.82, 2.24) is 0 Å². The molecule has 93 heavy (non-hydrogen) atoms. The molecular weight excluding hydrogens is 1140 g/mol. The van der Waals surface area contributed by atoms with Gasteiger partial charge in [-0.15, -0.1) is 0 Å². The molecule has 1 atom stereocenters. The minimum absolute atomic E-state index is 0.0888. The highest BCUT2D eigenvalue weighted by atomic mass is 16.6. The first-order valence-electron chi connectivity index (χ1n) is 39.9. The number of unbranched alkanes of at least 4 members (excludes halogenated alkanes) is 41. The van der Waals surface area contributed by atoms with E-state index >= 15 is 0 Å². The van der Waals surface area contributed by atoms with Gasteiger partial charge in [-0.05, 0) is 103 Å². The van der Waals surface area contributed by atoms with Gasteiger partial charge in [-0.2, -0.15) is 0 Å². The molecule has 0 aromatic carbocycles. The van der Waals surface area contributed by atoms with Crippen LogP contribution in [0.15, 0.2) is 146 Å². The quantitative estimate of drug-likeness (QED) is 0.0373. The highest BCUT2D eigenvalue weighted by molar-refractivity contribution is 5.70. The Hall–Kier alpha value is -4.22. The van der Waals surface area contributed by atoms with Gasteiger partial charge in [0.15, 0.2) is 6.10 Å². The van der Waals surface area contributed by atoms with Crippen LogP contribution >= 0.6 is 0 Å². The van der Waals surface area contributed by atoms with Crippen LogP contribution in [0, 0.1) is 0 Å². The second kappa shape index (κ2) is 82.0. The molecule has 1 unspecified atom stereocenters. The van der Waals surface area contributed by atoms with E-state index in [2.05, 4.69) is 160 Å². The van der Waals surface area contributed by atoms with Crippen LogP contribution in [-0.2, 0) is 19.1 Å². The Morgan fingerprint density at radius 2 is 0.462 bits per heavy atom. The Labute approximate surface area is 578 Å². The molecule has 0 aromatic rings. The SMILES string of the molecule is CC/C=C\C/C=C\C/C=C\C/C=C\C/C=C\C/C=C\C/C=C\C/C=C\C/C=C\C/C=C\C/C=C\C/C=C\CCCCC(=O)OC(CO)COC(=O)CCCCCCCCCCCCCCCCCCCCCCCCCCCCCCCCCCCCCCCCCC. The van der Waals surface area contributed by atoms with E-state index in [4.69, 9.17) is 9.47 Å². The molecule has 0 aliphatic rings. The predicted octanol–water partition coefficient (Wildman–Crippen LogP) is 28.4. The first-order chi connectivity index (χ1) is 46.1. The Kier molecular flexibility index (Phi) is 78.3. The first kappa shape index (κ1) is 88.8. The van der Waals surface area contributed by atoms with Gasteiger partial charge in [0, 0.05) is 12.8 Å². The van der Waals surface area contributed by atoms with Gasteiger partial charge < -0.3 is 14.6 Å². The number of hydrogen-bond donors (Lipinski definition) is 1. The van der Waals surface area contributed by atoms with E-state index in [1.54, 1.807) is 0 Å². The molecule has 0 bridgehead atoms. The number of aliphatic hydroxyl groups excluding tert-OH is 1. The third-order valence-electron chi connectivity index (χ3n) is 17.4. The molecule has 0 rings (SSSR count). The van der Waals surface area contributed by atoms with E-state index in [1.165, 1.54) is 238 Å². The Balaban J connectivity index is 3.53. The lowest BCUT2D eigenvalue weighted by Crippen LogP contribution is -2.28. The van der Waals surface area contributed by atoms with Crippen LogP contribution in [0.25, 0.3) is 0 Å². The number of aliphatic hydroxyl groups is 1. The summed E-state index contributed by atoms with van der Waals surface area (Å²) in [6, 6.07) is 0. The van der Waals surface area contributed by atoms with Crippen molar-refractivity contribution in [2.75, 3.05) is 13.2 Å². The molecule has 0 aromatic heterocycles. The summed E-state index contributed by atoms with van der Waals surface area (Å²) in [7, 11) is 0. The largest absolute Gasteiger partial charge is 0.462 e. The Bertz CT molecular complexity index is 1900. The lowest BCUT2D eigenvalue weighted by molar-refractivity contribution is -0.161. The highest BCUT2D eigenvalue weighted by Gasteiger charge is 2.16. The third-order valence-corrected chi connectivity index (χ3v) is 17.4. The molecule has 0 saturated heterocycles. The van der Waals surface area contributed by atoms with Crippen molar-refractivity contribution in [3.05, 3.63) is 146 Å². The van der Waals surface area contributed by atoms with Crippen molar-refractivity contribution in [3.63, 3.8) is 0 Å². The summed E-state index contributed by atoms with van der Waals surface area (Å²) >= 11 is 0. The normalized spacial score (nSPS) is 13.0.